The summed E-state index contributed by atoms with van der Waals surface area (Å²) < 4.78 is 0. The van der Waals surface area contributed by atoms with Gasteiger partial charge in [0.25, 0.3) is 0 Å². The maximum absolute atomic E-state index is 12.8. The van der Waals surface area contributed by atoms with Crippen molar-refractivity contribution in [1.29, 1.82) is 0 Å². The Morgan fingerprint density at radius 2 is 2.08 bits per heavy atom. The molecule has 1 aromatic carbocycles. The van der Waals surface area contributed by atoms with Gasteiger partial charge in [-0.2, -0.15) is 0 Å². The number of nitrogens with one attached hydrogen (secondary N) is 1. The van der Waals surface area contributed by atoms with Crippen molar-refractivity contribution in [2.75, 3.05) is 13.1 Å². The molecule has 2 aromatic rings. The summed E-state index contributed by atoms with van der Waals surface area (Å²) in [5, 5.41) is 3.16. The van der Waals surface area contributed by atoms with Gasteiger partial charge in [0.15, 0.2) is 0 Å². The van der Waals surface area contributed by atoms with Crippen LogP contribution < -0.4 is 5.32 Å². The molecule has 4 heteroatoms. The Balaban J connectivity index is 1.39. The van der Waals surface area contributed by atoms with Crippen LogP contribution in [0.25, 0.3) is 0 Å². The summed E-state index contributed by atoms with van der Waals surface area (Å²) in [5.41, 5.74) is 2.51. The molecule has 130 valence electrons. The lowest BCUT2D eigenvalue weighted by molar-refractivity contribution is -0.125. The molecular formula is C21H25N3O. The van der Waals surface area contributed by atoms with Crippen LogP contribution in [0.3, 0.4) is 0 Å². The molecule has 0 spiro atoms. The van der Waals surface area contributed by atoms with Crippen molar-refractivity contribution in [2.45, 2.75) is 37.8 Å². The first-order valence-electron chi connectivity index (χ1n) is 9.30. The van der Waals surface area contributed by atoms with E-state index in [-0.39, 0.29) is 11.8 Å². The second kappa shape index (κ2) is 7.36. The van der Waals surface area contributed by atoms with Crippen molar-refractivity contribution in [2.24, 2.45) is 5.92 Å². The number of amides is 1. The van der Waals surface area contributed by atoms with E-state index < -0.39 is 0 Å². The smallest absolute Gasteiger partial charge is 0.224 e. The fourth-order valence-electron chi connectivity index (χ4n) is 4.46. The lowest BCUT2D eigenvalue weighted by Crippen LogP contribution is -2.38. The molecule has 0 radical (unpaired) electrons. The third kappa shape index (κ3) is 3.45. The average molecular weight is 335 g/mol. The van der Waals surface area contributed by atoms with E-state index >= 15 is 0 Å². The van der Waals surface area contributed by atoms with Gasteiger partial charge >= 0.3 is 0 Å². The fourth-order valence-corrected chi connectivity index (χ4v) is 4.46. The van der Waals surface area contributed by atoms with Gasteiger partial charge in [-0.3, -0.25) is 14.7 Å². The molecule has 25 heavy (non-hydrogen) atoms. The van der Waals surface area contributed by atoms with Crippen molar-refractivity contribution in [1.82, 2.24) is 15.2 Å². The van der Waals surface area contributed by atoms with Crippen LogP contribution in [0.5, 0.6) is 0 Å². The van der Waals surface area contributed by atoms with E-state index in [1.54, 1.807) is 6.20 Å². The van der Waals surface area contributed by atoms with Gasteiger partial charge in [-0.25, -0.2) is 0 Å². The van der Waals surface area contributed by atoms with Crippen LogP contribution in [-0.4, -0.2) is 34.9 Å². The molecule has 3 heterocycles. The number of aromatic nitrogens is 1. The summed E-state index contributed by atoms with van der Waals surface area (Å²) in [6.07, 6.45) is 7.76. The first kappa shape index (κ1) is 16.3. The number of hydrogen-bond donors (Lipinski definition) is 1. The largest absolute Gasteiger partial charge is 0.355 e. The Morgan fingerprint density at radius 3 is 2.88 bits per heavy atom. The standard InChI is InChI=1S/C21H25N3O/c25-21(23-12-10-16-6-4-11-22-15-16)18-14-20(17-7-2-1-3-8-17)24-13-5-9-19(18)24/h1-4,6-8,11,15,18-20H,5,9-10,12-14H2,(H,23,25)/t18-,19+,20-/m1/s1. The predicted octanol–water partition coefficient (Wildman–Crippen LogP) is 2.97. The van der Waals surface area contributed by atoms with Gasteiger partial charge in [-0.1, -0.05) is 36.4 Å². The van der Waals surface area contributed by atoms with E-state index in [2.05, 4.69) is 51.6 Å². The van der Waals surface area contributed by atoms with E-state index in [0.717, 1.165) is 25.8 Å². The molecule has 2 aliphatic rings. The summed E-state index contributed by atoms with van der Waals surface area (Å²) >= 11 is 0. The number of rotatable bonds is 5. The Morgan fingerprint density at radius 1 is 1.20 bits per heavy atom. The van der Waals surface area contributed by atoms with E-state index in [1.165, 1.54) is 17.5 Å². The van der Waals surface area contributed by atoms with Crippen molar-refractivity contribution in [3.8, 4) is 0 Å². The van der Waals surface area contributed by atoms with Crippen LogP contribution in [0.2, 0.25) is 0 Å². The number of carbonyl (C=O) groups excluding carboxylic acids is 1. The lowest BCUT2D eigenvalue weighted by atomic mass is 9.93. The van der Waals surface area contributed by atoms with Crippen LogP contribution in [0.4, 0.5) is 0 Å². The number of benzene rings is 1. The van der Waals surface area contributed by atoms with Gasteiger partial charge in [-0.15, -0.1) is 0 Å². The normalized spacial score (nSPS) is 25.7. The van der Waals surface area contributed by atoms with Gasteiger partial charge in [-0.05, 0) is 49.4 Å². The monoisotopic (exact) mass is 335 g/mol. The summed E-state index contributed by atoms with van der Waals surface area (Å²) in [6.45, 7) is 1.80. The third-order valence-electron chi connectivity index (χ3n) is 5.64. The van der Waals surface area contributed by atoms with E-state index in [9.17, 15) is 4.79 Å². The fraction of sp³-hybridized carbons (Fsp3) is 0.429. The first-order chi connectivity index (χ1) is 12.3. The predicted molar refractivity (Wildman–Crippen MR) is 98.0 cm³/mol. The minimum absolute atomic E-state index is 0.113. The highest BCUT2D eigenvalue weighted by Gasteiger charge is 2.46. The molecule has 0 saturated carbocycles. The number of nitrogens with zero attached hydrogens (tertiary/aromatic N) is 2. The molecule has 1 aromatic heterocycles. The molecule has 4 rings (SSSR count). The molecule has 2 fully saturated rings. The highest BCUT2D eigenvalue weighted by Crippen LogP contribution is 2.44. The maximum atomic E-state index is 12.8. The van der Waals surface area contributed by atoms with Crippen LogP contribution in [0, 0.1) is 5.92 Å². The second-order valence-electron chi connectivity index (χ2n) is 7.12. The summed E-state index contributed by atoms with van der Waals surface area (Å²) in [6, 6.07) is 15.4. The van der Waals surface area contributed by atoms with Crippen LogP contribution in [0.15, 0.2) is 54.9 Å². The van der Waals surface area contributed by atoms with Crippen molar-refractivity contribution < 1.29 is 4.79 Å². The molecule has 3 atom stereocenters. The van der Waals surface area contributed by atoms with E-state index in [4.69, 9.17) is 0 Å². The van der Waals surface area contributed by atoms with Crippen molar-refractivity contribution >= 4 is 5.91 Å². The van der Waals surface area contributed by atoms with Crippen LogP contribution in [0.1, 0.15) is 36.4 Å². The highest BCUT2D eigenvalue weighted by atomic mass is 16.2. The van der Waals surface area contributed by atoms with Crippen molar-refractivity contribution in [3.05, 3.63) is 66.0 Å². The topological polar surface area (TPSA) is 45.2 Å². The van der Waals surface area contributed by atoms with E-state index in [0.29, 0.717) is 18.6 Å². The zero-order valence-corrected chi connectivity index (χ0v) is 14.5. The molecule has 2 aliphatic heterocycles. The zero-order chi connectivity index (χ0) is 17.1. The summed E-state index contributed by atoms with van der Waals surface area (Å²) in [7, 11) is 0. The Kier molecular flexibility index (Phi) is 4.79. The highest BCUT2D eigenvalue weighted by molar-refractivity contribution is 5.80. The van der Waals surface area contributed by atoms with Crippen LogP contribution in [-0.2, 0) is 11.2 Å². The third-order valence-corrected chi connectivity index (χ3v) is 5.64. The Labute approximate surface area is 149 Å². The second-order valence-corrected chi connectivity index (χ2v) is 7.12. The molecular weight excluding hydrogens is 310 g/mol. The average Bonchev–Trinajstić information content (AvgIpc) is 3.26. The summed E-state index contributed by atoms with van der Waals surface area (Å²) in [4.78, 5) is 19.5. The molecule has 0 unspecified atom stereocenters. The SMILES string of the molecule is O=C(NCCc1cccnc1)[C@@H]1C[C@H](c2ccccc2)N2CCC[C@@H]12. The molecule has 1 N–H and O–H groups in total. The van der Waals surface area contributed by atoms with E-state index in [1.807, 2.05) is 12.3 Å². The van der Waals surface area contributed by atoms with Gasteiger partial charge < -0.3 is 5.32 Å². The van der Waals surface area contributed by atoms with Gasteiger partial charge in [0.2, 0.25) is 5.91 Å². The lowest BCUT2D eigenvalue weighted by Gasteiger charge is -2.24. The molecule has 0 bridgehead atoms. The van der Waals surface area contributed by atoms with Gasteiger partial charge in [0, 0.05) is 31.0 Å². The number of carbonyl (C=O) groups is 1. The molecule has 2 saturated heterocycles. The molecule has 1 amide bonds. The van der Waals surface area contributed by atoms with Gasteiger partial charge in [0.05, 0.1) is 5.92 Å². The number of pyridine rings is 1. The number of fused-ring (bicyclic) bond motifs is 1. The zero-order valence-electron chi connectivity index (χ0n) is 14.5. The minimum atomic E-state index is 0.113. The Bertz CT molecular complexity index is 704. The van der Waals surface area contributed by atoms with Gasteiger partial charge in [0.1, 0.15) is 0 Å². The van der Waals surface area contributed by atoms with Crippen molar-refractivity contribution in [3.63, 3.8) is 0 Å². The van der Waals surface area contributed by atoms with Crippen LogP contribution >= 0.6 is 0 Å². The molecule has 0 aliphatic carbocycles. The number of hydrogen-bond acceptors (Lipinski definition) is 3. The molecule has 4 nitrogen and oxygen atoms in total. The quantitative estimate of drug-likeness (QED) is 0.914. The maximum Gasteiger partial charge on any atom is 0.224 e. The Hall–Kier alpha value is -2.20. The first-order valence-corrected chi connectivity index (χ1v) is 9.30. The summed E-state index contributed by atoms with van der Waals surface area (Å²) in [5.74, 6) is 0.334. The minimum Gasteiger partial charge on any atom is -0.355 e.